The van der Waals surface area contributed by atoms with Crippen LogP contribution in [0.25, 0.3) is 0 Å². The number of nitrogens with zero attached hydrogens (tertiary/aromatic N) is 1. The number of aryl methyl sites for hydroxylation is 1. The van der Waals surface area contributed by atoms with Crippen molar-refractivity contribution < 1.29 is 4.79 Å². The molecule has 1 aromatic rings. The summed E-state index contributed by atoms with van der Waals surface area (Å²) in [4.78, 5) is 10.4. The van der Waals surface area contributed by atoms with Gasteiger partial charge in [0.15, 0.2) is 6.29 Å². The van der Waals surface area contributed by atoms with E-state index in [1.165, 1.54) is 12.8 Å². The number of hydrogen-bond donors (Lipinski definition) is 0. The predicted octanol–water partition coefficient (Wildman–Crippen LogP) is 2.74. The Morgan fingerprint density at radius 3 is 2.85 bits per heavy atom. The molecule has 13 heavy (non-hydrogen) atoms. The summed E-state index contributed by atoms with van der Waals surface area (Å²) in [5.74, 6) is 0.765. The molecule has 0 aromatic carbocycles. The van der Waals surface area contributed by atoms with Gasteiger partial charge in [0.1, 0.15) is 0 Å². The number of carbonyl (C=O) groups excluding carboxylic acids is 1. The lowest BCUT2D eigenvalue weighted by Crippen LogP contribution is -1.96. The number of rotatable bonds is 5. The number of aldehydes is 1. The van der Waals surface area contributed by atoms with Crippen LogP contribution in [0.2, 0.25) is 0 Å². The van der Waals surface area contributed by atoms with Gasteiger partial charge in [-0.3, -0.25) is 4.79 Å². The Morgan fingerprint density at radius 2 is 2.31 bits per heavy atom. The van der Waals surface area contributed by atoms with Crippen LogP contribution in [0.4, 0.5) is 0 Å². The van der Waals surface area contributed by atoms with E-state index < -0.39 is 0 Å². The van der Waals surface area contributed by atoms with Gasteiger partial charge in [-0.1, -0.05) is 13.8 Å². The van der Waals surface area contributed by atoms with E-state index in [0.717, 1.165) is 24.3 Å². The summed E-state index contributed by atoms with van der Waals surface area (Å²) >= 11 is 0. The van der Waals surface area contributed by atoms with Gasteiger partial charge in [-0.2, -0.15) is 0 Å². The standard InChI is InChI=1S/C11H17NO/c1-10(2)4-3-6-12-7-5-11(8-12)9-13/h5,7-10H,3-4,6H2,1-2H3. The van der Waals surface area contributed by atoms with Crippen LogP contribution in [0.3, 0.4) is 0 Å². The molecule has 2 heteroatoms. The van der Waals surface area contributed by atoms with Crippen molar-refractivity contribution in [1.82, 2.24) is 4.57 Å². The highest BCUT2D eigenvalue weighted by atomic mass is 16.1. The van der Waals surface area contributed by atoms with Crippen molar-refractivity contribution in [3.05, 3.63) is 24.0 Å². The lowest BCUT2D eigenvalue weighted by Gasteiger charge is -2.04. The molecule has 1 rings (SSSR count). The first-order valence-corrected chi connectivity index (χ1v) is 4.83. The van der Waals surface area contributed by atoms with Crippen molar-refractivity contribution in [2.45, 2.75) is 33.2 Å². The quantitative estimate of drug-likeness (QED) is 0.637. The zero-order valence-electron chi connectivity index (χ0n) is 8.36. The Kier molecular flexibility index (Phi) is 3.74. The average Bonchev–Trinajstić information content (AvgIpc) is 2.52. The second-order valence-corrected chi connectivity index (χ2v) is 3.84. The second-order valence-electron chi connectivity index (χ2n) is 3.84. The Hall–Kier alpha value is -1.05. The van der Waals surface area contributed by atoms with Crippen molar-refractivity contribution in [3.63, 3.8) is 0 Å². The van der Waals surface area contributed by atoms with E-state index in [4.69, 9.17) is 0 Å². The van der Waals surface area contributed by atoms with Gasteiger partial charge in [-0.25, -0.2) is 0 Å². The molecule has 0 spiro atoms. The fourth-order valence-corrected chi connectivity index (χ4v) is 1.35. The van der Waals surface area contributed by atoms with E-state index in [0.29, 0.717) is 0 Å². The van der Waals surface area contributed by atoms with Crippen molar-refractivity contribution in [3.8, 4) is 0 Å². The monoisotopic (exact) mass is 179 g/mol. The van der Waals surface area contributed by atoms with E-state index in [1.807, 2.05) is 18.5 Å². The van der Waals surface area contributed by atoms with Crippen molar-refractivity contribution in [1.29, 1.82) is 0 Å². The molecule has 0 unspecified atom stereocenters. The molecule has 1 aromatic heterocycles. The SMILES string of the molecule is CC(C)CCCn1ccc(C=O)c1. The maximum Gasteiger partial charge on any atom is 0.151 e. The lowest BCUT2D eigenvalue weighted by atomic mass is 10.1. The summed E-state index contributed by atoms with van der Waals surface area (Å²) in [6.45, 7) is 5.48. The second kappa shape index (κ2) is 4.85. The van der Waals surface area contributed by atoms with E-state index >= 15 is 0 Å². The third kappa shape index (κ3) is 3.45. The minimum absolute atomic E-state index is 0.765. The molecule has 0 amide bonds. The van der Waals surface area contributed by atoms with Gasteiger partial charge in [-0.05, 0) is 24.8 Å². The van der Waals surface area contributed by atoms with Gasteiger partial charge in [0.05, 0.1) is 0 Å². The highest BCUT2D eigenvalue weighted by Gasteiger charge is 1.96. The molecular formula is C11H17NO. The Balaban J connectivity index is 2.32. The van der Waals surface area contributed by atoms with Gasteiger partial charge < -0.3 is 4.57 Å². The van der Waals surface area contributed by atoms with Crippen molar-refractivity contribution in [2.24, 2.45) is 5.92 Å². The van der Waals surface area contributed by atoms with Crippen LogP contribution >= 0.6 is 0 Å². The zero-order chi connectivity index (χ0) is 9.68. The van der Waals surface area contributed by atoms with E-state index in [1.54, 1.807) is 0 Å². The molecule has 2 nitrogen and oxygen atoms in total. The third-order valence-corrected chi connectivity index (χ3v) is 2.11. The molecule has 72 valence electrons. The number of aromatic nitrogens is 1. The fourth-order valence-electron chi connectivity index (χ4n) is 1.35. The molecule has 1 heterocycles. The molecule has 0 aliphatic rings. The Labute approximate surface area is 79.6 Å². The Bertz CT molecular complexity index is 263. The fraction of sp³-hybridized carbons (Fsp3) is 0.545. The molecule has 0 fully saturated rings. The maximum atomic E-state index is 10.4. The minimum atomic E-state index is 0.765. The molecule has 0 aliphatic carbocycles. The van der Waals surface area contributed by atoms with E-state index in [2.05, 4.69) is 18.4 Å². The van der Waals surface area contributed by atoms with Gasteiger partial charge in [0, 0.05) is 24.5 Å². The number of carbonyl (C=O) groups is 1. The van der Waals surface area contributed by atoms with Crippen molar-refractivity contribution in [2.75, 3.05) is 0 Å². The Morgan fingerprint density at radius 1 is 1.54 bits per heavy atom. The van der Waals surface area contributed by atoms with Crippen LogP contribution in [0.5, 0.6) is 0 Å². The van der Waals surface area contributed by atoms with Crippen LogP contribution < -0.4 is 0 Å². The normalized spacial score (nSPS) is 10.7. The summed E-state index contributed by atoms with van der Waals surface area (Å²) in [5.41, 5.74) is 0.768. The molecule has 0 atom stereocenters. The molecule has 0 bridgehead atoms. The minimum Gasteiger partial charge on any atom is -0.354 e. The summed E-state index contributed by atoms with van der Waals surface area (Å²) in [6, 6.07) is 1.85. The predicted molar refractivity (Wildman–Crippen MR) is 53.9 cm³/mol. The van der Waals surface area contributed by atoms with Crippen molar-refractivity contribution >= 4 is 6.29 Å². The maximum absolute atomic E-state index is 10.4. The highest BCUT2D eigenvalue weighted by Crippen LogP contribution is 2.06. The third-order valence-electron chi connectivity index (χ3n) is 2.11. The summed E-state index contributed by atoms with van der Waals surface area (Å²) in [6.07, 6.45) is 7.18. The van der Waals surface area contributed by atoms with Crippen LogP contribution in [-0.2, 0) is 6.54 Å². The summed E-state index contributed by atoms with van der Waals surface area (Å²) in [7, 11) is 0. The largest absolute Gasteiger partial charge is 0.354 e. The first-order chi connectivity index (χ1) is 6.22. The topological polar surface area (TPSA) is 22.0 Å². The summed E-state index contributed by atoms with van der Waals surface area (Å²) in [5, 5.41) is 0. The van der Waals surface area contributed by atoms with Crippen LogP contribution in [-0.4, -0.2) is 10.9 Å². The average molecular weight is 179 g/mol. The highest BCUT2D eigenvalue weighted by molar-refractivity contribution is 5.74. The number of hydrogen-bond acceptors (Lipinski definition) is 1. The molecule has 0 N–H and O–H groups in total. The molecule has 0 radical (unpaired) electrons. The molecular weight excluding hydrogens is 162 g/mol. The van der Waals surface area contributed by atoms with Gasteiger partial charge >= 0.3 is 0 Å². The molecule has 0 aliphatic heterocycles. The lowest BCUT2D eigenvalue weighted by molar-refractivity contribution is 0.112. The smallest absolute Gasteiger partial charge is 0.151 e. The van der Waals surface area contributed by atoms with Gasteiger partial charge in [0.2, 0.25) is 0 Å². The van der Waals surface area contributed by atoms with Crippen LogP contribution in [0.1, 0.15) is 37.0 Å². The van der Waals surface area contributed by atoms with E-state index in [-0.39, 0.29) is 0 Å². The van der Waals surface area contributed by atoms with E-state index in [9.17, 15) is 4.79 Å². The first kappa shape index (κ1) is 10.0. The first-order valence-electron chi connectivity index (χ1n) is 4.83. The molecule has 0 saturated carbocycles. The molecule has 0 saturated heterocycles. The van der Waals surface area contributed by atoms with Crippen LogP contribution in [0.15, 0.2) is 18.5 Å². The zero-order valence-corrected chi connectivity index (χ0v) is 8.36. The van der Waals surface area contributed by atoms with Crippen LogP contribution in [0, 0.1) is 5.92 Å². The van der Waals surface area contributed by atoms with Gasteiger partial charge in [-0.15, -0.1) is 0 Å². The summed E-state index contributed by atoms with van der Waals surface area (Å²) < 4.78 is 2.08. The van der Waals surface area contributed by atoms with Gasteiger partial charge in [0.25, 0.3) is 0 Å².